The number of aryl methyl sites for hydroxylation is 1. The Balaban J connectivity index is 2.15. The van der Waals surface area contributed by atoms with Crippen LogP contribution in [-0.2, 0) is 14.8 Å². The van der Waals surface area contributed by atoms with Gasteiger partial charge in [0, 0.05) is 4.90 Å². The predicted octanol–water partition coefficient (Wildman–Crippen LogP) is 3.36. The minimum absolute atomic E-state index is 0.206. The molecule has 1 N–H and O–H groups in total. The van der Waals surface area contributed by atoms with Gasteiger partial charge in [0.25, 0.3) is 0 Å². The van der Waals surface area contributed by atoms with Crippen molar-refractivity contribution in [2.45, 2.75) is 24.8 Å². The second kappa shape index (κ2) is 8.60. The first-order valence-corrected chi connectivity index (χ1v) is 11.3. The fourth-order valence-corrected chi connectivity index (χ4v) is 3.82. The van der Waals surface area contributed by atoms with Gasteiger partial charge < -0.3 is 5.32 Å². The maximum Gasteiger partial charge on any atom is 0.241 e. The van der Waals surface area contributed by atoms with E-state index in [1.165, 1.54) is 11.8 Å². The molecular formula is C19H24N2O3S2. The second-order valence-corrected chi connectivity index (χ2v) is 8.96. The molecule has 26 heavy (non-hydrogen) atoms. The number of sulfonamides is 1. The molecule has 2 aromatic rings. The summed E-state index contributed by atoms with van der Waals surface area (Å²) in [5.41, 5.74) is 2.60. The molecule has 0 aliphatic carbocycles. The molecule has 0 aromatic heterocycles. The zero-order valence-electron chi connectivity index (χ0n) is 15.4. The summed E-state index contributed by atoms with van der Waals surface area (Å²) < 4.78 is 25.5. The van der Waals surface area contributed by atoms with Gasteiger partial charge in [-0.3, -0.25) is 9.10 Å². The number of hydrogen-bond donors (Lipinski definition) is 1. The highest BCUT2D eigenvalue weighted by Gasteiger charge is 2.22. The van der Waals surface area contributed by atoms with Crippen LogP contribution in [0.2, 0.25) is 0 Å². The van der Waals surface area contributed by atoms with Crippen LogP contribution in [0.5, 0.6) is 0 Å². The summed E-state index contributed by atoms with van der Waals surface area (Å²) in [4.78, 5) is 13.4. The summed E-state index contributed by atoms with van der Waals surface area (Å²) >= 11 is 1.52. The molecule has 0 bridgehead atoms. The topological polar surface area (TPSA) is 66.5 Å². The lowest BCUT2D eigenvalue weighted by Crippen LogP contribution is -2.41. The van der Waals surface area contributed by atoms with Crippen molar-refractivity contribution in [1.29, 1.82) is 0 Å². The van der Waals surface area contributed by atoms with Gasteiger partial charge in [0.15, 0.2) is 0 Å². The number of carbonyl (C=O) groups is 1. The van der Waals surface area contributed by atoms with Crippen molar-refractivity contribution in [3.63, 3.8) is 0 Å². The molecule has 0 fully saturated rings. The van der Waals surface area contributed by atoms with Crippen molar-refractivity contribution in [2.24, 2.45) is 0 Å². The molecule has 2 rings (SSSR count). The summed E-state index contributed by atoms with van der Waals surface area (Å²) in [6.45, 7) is 3.62. The first-order valence-electron chi connectivity index (χ1n) is 8.18. The molecule has 140 valence electrons. The van der Waals surface area contributed by atoms with Gasteiger partial charge in [-0.25, -0.2) is 8.42 Å². The average Bonchev–Trinajstić information content (AvgIpc) is 2.59. The third kappa shape index (κ3) is 5.51. The van der Waals surface area contributed by atoms with E-state index in [4.69, 9.17) is 0 Å². The lowest BCUT2D eigenvalue weighted by Gasteiger charge is -2.23. The fourth-order valence-electron chi connectivity index (χ4n) is 2.52. The van der Waals surface area contributed by atoms with Crippen LogP contribution in [-0.4, -0.2) is 33.4 Å². The normalized spacial score (nSPS) is 12.5. The summed E-state index contributed by atoms with van der Waals surface area (Å²) in [5.74, 6) is -0.349. The van der Waals surface area contributed by atoms with E-state index >= 15 is 0 Å². The molecule has 5 nitrogen and oxygen atoms in total. The van der Waals surface area contributed by atoms with E-state index in [1.54, 1.807) is 18.2 Å². The number of thioether (sulfide) groups is 1. The lowest BCUT2D eigenvalue weighted by molar-refractivity contribution is -0.120. The third-order valence-corrected chi connectivity index (χ3v) is 5.85. The van der Waals surface area contributed by atoms with E-state index in [0.29, 0.717) is 5.69 Å². The zero-order chi connectivity index (χ0) is 19.3. The van der Waals surface area contributed by atoms with Crippen LogP contribution in [0.4, 0.5) is 5.69 Å². The first-order chi connectivity index (χ1) is 12.2. The highest BCUT2D eigenvalue weighted by Crippen LogP contribution is 2.24. The standard InChI is InChI=1S/C19H24N2O3S2/c1-14-8-10-16(11-9-14)15(2)20-19(22)13-21(26(4,23)24)17-6-5-7-18(12-17)25-3/h5-12,15H,13H2,1-4H3,(H,20,22)/t15-/m1/s1. The summed E-state index contributed by atoms with van der Waals surface area (Å²) in [5, 5.41) is 2.87. The van der Waals surface area contributed by atoms with Gasteiger partial charge in [-0.05, 0) is 43.9 Å². The Kier molecular flexibility index (Phi) is 6.72. The molecule has 2 aromatic carbocycles. The number of nitrogens with one attached hydrogen (secondary N) is 1. The highest BCUT2D eigenvalue weighted by molar-refractivity contribution is 7.98. The molecule has 7 heteroatoms. The van der Waals surface area contributed by atoms with Crippen LogP contribution in [0, 0.1) is 6.92 Å². The number of carbonyl (C=O) groups excluding carboxylic acids is 1. The minimum Gasteiger partial charge on any atom is -0.348 e. The zero-order valence-corrected chi connectivity index (χ0v) is 17.0. The van der Waals surface area contributed by atoms with Crippen molar-refractivity contribution >= 4 is 33.4 Å². The third-order valence-electron chi connectivity index (χ3n) is 3.98. The molecule has 0 saturated heterocycles. The van der Waals surface area contributed by atoms with E-state index in [1.807, 2.05) is 50.4 Å². The molecule has 0 aliphatic rings. The molecular weight excluding hydrogens is 368 g/mol. The van der Waals surface area contributed by atoms with Gasteiger partial charge in [-0.1, -0.05) is 35.9 Å². The maximum atomic E-state index is 12.5. The van der Waals surface area contributed by atoms with Gasteiger partial charge in [0.1, 0.15) is 6.54 Å². The van der Waals surface area contributed by atoms with E-state index in [9.17, 15) is 13.2 Å². The quantitative estimate of drug-likeness (QED) is 0.734. The summed E-state index contributed by atoms with van der Waals surface area (Å²) in [7, 11) is -3.58. The van der Waals surface area contributed by atoms with Crippen molar-refractivity contribution < 1.29 is 13.2 Å². The largest absolute Gasteiger partial charge is 0.348 e. The van der Waals surface area contributed by atoms with Gasteiger partial charge in [0.2, 0.25) is 15.9 Å². The highest BCUT2D eigenvalue weighted by atomic mass is 32.2. The number of benzene rings is 2. The van der Waals surface area contributed by atoms with E-state index in [-0.39, 0.29) is 18.5 Å². The molecule has 0 heterocycles. The molecule has 1 atom stereocenters. The Bertz CT molecular complexity index is 865. The second-order valence-electron chi connectivity index (χ2n) is 6.17. The van der Waals surface area contributed by atoms with Crippen molar-refractivity contribution in [2.75, 3.05) is 23.4 Å². The van der Waals surface area contributed by atoms with Crippen LogP contribution in [0.25, 0.3) is 0 Å². The smallest absolute Gasteiger partial charge is 0.241 e. The molecule has 1 amide bonds. The van der Waals surface area contributed by atoms with E-state index < -0.39 is 10.0 Å². The van der Waals surface area contributed by atoms with Gasteiger partial charge >= 0.3 is 0 Å². The van der Waals surface area contributed by atoms with Gasteiger partial charge in [-0.15, -0.1) is 11.8 Å². The Morgan fingerprint density at radius 3 is 2.42 bits per heavy atom. The van der Waals surface area contributed by atoms with E-state index in [0.717, 1.165) is 26.6 Å². The average molecular weight is 393 g/mol. The van der Waals surface area contributed by atoms with Crippen LogP contribution in [0.1, 0.15) is 24.1 Å². The fraction of sp³-hybridized carbons (Fsp3) is 0.316. The predicted molar refractivity (Wildman–Crippen MR) is 108 cm³/mol. The van der Waals surface area contributed by atoms with Crippen molar-refractivity contribution in [3.05, 3.63) is 59.7 Å². The molecule has 0 radical (unpaired) electrons. The Hall–Kier alpha value is -1.99. The van der Waals surface area contributed by atoms with Crippen LogP contribution >= 0.6 is 11.8 Å². The number of amides is 1. The van der Waals surface area contributed by atoms with Crippen molar-refractivity contribution in [3.8, 4) is 0 Å². The number of nitrogens with zero attached hydrogens (tertiary/aromatic N) is 1. The first kappa shape index (κ1) is 20.3. The molecule has 0 spiro atoms. The van der Waals surface area contributed by atoms with Gasteiger partial charge in [0.05, 0.1) is 18.0 Å². The maximum absolute atomic E-state index is 12.5. The number of hydrogen-bond acceptors (Lipinski definition) is 4. The van der Waals surface area contributed by atoms with Crippen molar-refractivity contribution in [1.82, 2.24) is 5.32 Å². The molecule has 0 unspecified atom stereocenters. The molecule has 0 saturated carbocycles. The monoisotopic (exact) mass is 392 g/mol. The number of rotatable bonds is 7. The molecule has 0 aliphatic heterocycles. The Morgan fingerprint density at radius 1 is 1.19 bits per heavy atom. The van der Waals surface area contributed by atoms with Crippen LogP contribution in [0.15, 0.2) is 53.4 Å². The Labute approximate surface area is 159 Å². The number of anilines is 1. The summed E-state index contributed by atoms with van der Waals surface area (Å²) in [6.07, 6.45) is 3.02. The van der Waals surface area contributed by atoms with Crippen LogP contribution < -0.4 is 9.62 Å². The Morgan fingerprint density at radius 2 is 1.85 bits per heavy atom. The SMILES string of the molecule is CSc1cccc(N(CC(=O)N[C@H](C)c2ccc(C)cc2)S(C)(=O)=O)c1. The van der Waals surface area contributed by atoms with E-state index in [2.05, 4.69) is 5.32 Å². The van der Waals surface area contributed by atoms with Crippen LogP contribution in [0.3, 0.4) is 0 Å². The van der Waals surface area contributed by atoms with Gasteiger partial charge in [-0.2, -0.15) is 0 Å². The summed E-state index contributed by atoms with van der Waals surface area (Å²) in [6, 6.07) is 14.8. The lowest BCUT2D eigenvalue weighted by atomic mass is 10.1. The minimum atomic E-state index is -3.58.